The number of hydrogen-bond acceptors (Lipinski definition) is 5. The van der Waals surface area contributed by atoms with E-state index >= 15 is 0 Å². The number of benzene rings is 2. The standard InChI is InChI=1S/C17H11ClF3N3O2S/c18-12-7-3-1-5-10(12)15-23-24-16(26-15)27-9-14(25)22-13-8-4-2-6-11(13)17(19,20)21/h1-8H,9H2,(H,22,25). The van der Waals surface area contributed by atoms with Crippen molar-refractivity contribution >= 4 is 35.0 Å². The molecule has 1 amide bonds. The molecule has 0 spiro atoms. The van der Waals surface area contributed by atoms with Crippen LogP contribution in [0.4, 0.5) is 18.9 Å². The first-order chi connectivity index (χ1) is 12.8. The third kappa shape index (κ3) is 4.81. The van der Waals surface area contributed by atoms with Crippen molar-refractivity contribution in [2.45, 2.75) is 11.4 Å². The highest BCUT2D eigenvalue weighted by atomic mass is 35.5. The van der Waals surface area contributed by atoms with Gasteiger partial charge in [0.25, 0.3) is 5.22 Å². The van der Waals surface area contributed by atoms with E-state index in [-0.39, 0.29) is 22.6 Å². The zero-order valence-corrected chi connectivity index (χ0v) is 15.0. The van der Waals surface area contributed by atoms with Crippen LogP contribution in [-0.2, 0) is 11.0 Å². The number of carbonyl (C=O) groups excluding carboxylic acids is 1. The molecule has 0 fully saturated rings. The molecule has 10 heteroatoms. The van der Waals surface area contributed by atoms with Gasteiger partial charge in [-0.3, -0.25) is 4.79 Å². The minimum atomic E-state index is -4.56. The van der Waals surface area contributed by atoms with Crippen LogP contribution in [0, 0.1) is 0 Å². The third-order valence-corrected chi connectivity index (χ3v) is 4.49. The van der Waals surface area contributed by atoms with E-state index in [1.165, 1.54) is 18.2 Å². The van der Waals surface area contributed by atoms with E-state index in [4.69, 9.17) is 16.0 Å². The quantitative estimate of drug-likeness (QED) is 0.586. The van der Waals surface area contributed by atoms with E-state index < -0.39 is 17.6 Å². The zero-order chi connectivity index (χ0) is 19.4. The Labute approximate surface area is 160 Å². The summed E-state index contributed by atoms with van der Waals surface area (Å²) >= 11 is 6.95. The summed E-state index contributed by atoms with van der Waals surface area (Å²) in [6, 6.07) is 11.6. The number of amides is 1. The van der Waals surface area contributed by atoms with Gasteiger partial charge in [0.15, 0.2) is 0 Å². The van der Waals surface area contributed by atoms with Gasteiger partial charge < -0.3 is 9.73 Å². The average molecular weight is 414 g/mol. The molecule has 3 rings (SSSR count). The Kier molecular flexibility index (Phi) is 5.71. The summed E-state index contributed by atoms with van der Waals surface area (Å²) in [4.78, 5) is 12.0. The SMILES string of the molecule is O=C(CSc1nnc(-c2ccccc2Cl)o1)Nc1ccccc1C(F)(F)F. The largest absolute Gasteiger partial charge is 0.418 e. The molecule has 27 heavy (non-hydrogen) atoms. The molecule has 0 atom stereocenters. The molecule has 0 aliphatic heterocycles. The van der Waals surface area contributed by atoms with E-state index in [2.05, 4.69) is 15.5 Å². The minimum absolute atomic E-state index is 0.101. The van der Waals surface area contributed by atoms with E-state index in [0.29, 0.717) is 10.6 Å². The van der Waals surface area contributed by atoms with Crippen LogP contribution in [0.15, 0.2) is 58.2 Å². The normalized spacial score (nSPS) is 11.4. The van der Waals surface area contributed by atoms with Crippen LogP contribution >= 0.6 is 23.4 Å². The first kappa shape index (κ1) is 19.2. The Morgan fingerprint density at radius 3 is 2.56 bits per heavy atom. The second kappa shape index (κ2) is 8.01. The predicted octanol–water partition coefficient (Wildman–Crippen LogP) is 5.14. The Bertz CT molecular complexity index is 962. The number of thioether (sulfide) groups is 1. The molecule has 0 saturated carbocycles. The molecular weight excluding hydrogens is 403 g/mol. The van der Waals surface area contributed by atoms with E-state index in [9.17, 15) is 18.0 Å². The van der Waals surface area contributed by atoms with Crippen LogP contribution < -0.4 is 5.32 Å². The summed E-state index contributed by atoms with van der Waals surface area (Å²) < 4.78 is 44.3. The molecular formula is C17H11ClF3N3O2S. The molecule has 1 N–H and O–H groups in total. The van der Waals surface area contributed by atoms with Gasteiger partial charge in [0.05, 0.1) is 27.6 Å². The van der Waals surface area contributed by atoms with Gasteiger partial charge in [-0.05, 0) is 24.3 Å². The zero-order valence-electron chi connectivity index (χ0n) is 13.5. The summed E-state index contributed by atoms with van der Waals surface area (Å²) in [5.41, 5.74) is -0.679. The van der Waals surface area contributed by atoms with E-state index in [1.807, 2.05) is 0 Å². The number of nitrogens with zero attached hydrogens (tertiary/aromatic N) is 2. The maximum atomic E-state index is 12.9. The van der Waals surface area contributed by atoms with Crippen molar-refractivity contribution in [3.63, 3.8) is 0 Å². The number of halogens is 4. The second-order valence-corrected chi connectivity index (χ2v) is 6.57. The molecule has 2 aromatic carbocycles. The van der Waals surface area contributed by atoms with Crippen LogP contribution in [0.5, 0.6) is 0 Å². The lowest BCUT2D eigenvalue weighted by molar-refractivity contribution is -0.137. The lowest BCUT2D eigenvalue weighted by Crippen LogP contribution is -2.18. The van der Waals surface area contributed by atoms with Crippen LogP contribution in [0.2, 0.25) is 5.02 Å². The monoisotopic (exact) mass is 413 g/mol. The second-order valence-electron chi connectivity index (χ2n) is 5.23. The van der Waals surface area contributed by atoms with Gasteiger partial charge in [-0.15, -0.1) is 10.2 Å². The molecule has 140 valence electrons. The molecule has 1 heterocycles. The molecule has 1 aromatic heterocycles. The van der Waals surface area contributed by atoms with Crippen molar-refractivity contribution in [2.24, 2.45) is 0 Å². The van der Waals surface area contributed by atoms with Crippen molar-refractivity contribution in [1.29, 1.82) is 0 Å². The fraction of sp³-hybridized carbons (Fsp3) is 0.118. The van der Waals surface area contributed by atoms with Gasteiger partial charge in [-0.25, -0.2) is 0 Å². The first-order valence-electron chi connectivity index (χ1n) is 7.52. The number of alkyl halides is 3. The topological polar surface area (TPSA) is 68.0 Å². The Balaban J connectivity index is 1.64. The lowest BCUT2D eigenvalue weighted by atomic mass is 10.1. The number of anilines is 1. The van der Waals surface area contributed by atoms with Gasteiger partial charge in [0, 0.05) is 0 Å². The van der Waals surface area contributed by atoms with E-state index in [0.717, 1.165) is 17.8 Å². The molecule has 0 saturated heterocycles. The fourth-order valence-electron chi connectivity index (χ4n) is 2.16. The number of aromatic nitrogens is 2. The summed E-state index contributed by atoms with van der Waals surface area (Å²) in [6.07, 6.45) is -4.56. The van der Waals surface area contributed by atoms with Gasteiger partial charge in [0.2, 0.25) is 11.8 Å². The van der Waals surface area contributed by atoms with Gasteiger partial charge in [0.1, 0.15) is 0 Å². The number of carbonyl (C=O) groups is 1. The van der Waals surface area contributed by atoms with Crippen molar-refractivity contribution in [1.82, 2.24) is 10.2 Å². The van der Waals surface area contributed by atoms with Gasteiger partial charge >= 0.3 is 6.18 Å². The highest BCUT2D eigenvalue weighted by Crippen LogP contribution is 2.34. The molecule has 0 radical (unpaired) electrons. The summed E-state index contributed by atoms with van der Waals surface area (Å²) in [5, 5.41) is 10.4. The summed E-state index contributed by atoms with van der Waals surface area (Å²) in [5.74, 6) is -0.642. The highest BCUT2D eigenvalue weighted by Gasteiger charge is 2.33. The van der Waals surface area contributed by atoms with E-state index in [1.54, 1.807) is 24.3 Å². The maximum absolute atomic E-state index is 12.9. The molecule has 0 unspecified atom stereocenters. The molecule has 0 bridgehead atoms. The summed E-state index contributed by atoms with van der Waals surface area (Å²) in [7, 11) is 0. The Morgan fingerprint density at radius 2 is 1.81 bits per heavy atom. The van der Waals surface area contributed by atoms with Crippen LogP contribution in [0.3, 0.4) is 0 Å². The molecule has 5 nitrogen and oxygen atoms in total. The average Bonchev–Trinajstić information content (AvgIpc) is 3.09. The van der Waals surface area contributed by atoms with Crippen molar-refractivity contribution < 1.29 is 22.4 Å². The van der Waals surface area contributed by atoms with Gasteiger partial charge in [-0.1, -0.05) is 47.6 Å². The number of para-hydroxylation sites is 1. The van der Waals surface area contributed by atoms with Crippen molar-refractivity contribution in [2.75, 3.05) is 11.1 Å². The minimum Gasteiger partial charge on any atom is -0.411 e. The van der Waals surface area contributed by atoms with Crippen molar-refractivity contribution in [3.05, 3.63) is 59.1 Å². The predicted molar refractivity (Wildman–Crippen MR) is 95.5 cm³/mol. The van der Waals surface area contributed by atoms with Crippen LogP contribution in [-0.4, -0.2) is 21.9 Å². The summed E-state index contributed by atoms with van der Waals surface area (Å²) in [6.45, 7) is 0. The molecule has 3 aromatic rings. The van der Waals surface area contributed by atoms with Gasteiger partial charge in [-0.2, -0.15) is 13.2 Å². The highest BCUT2D eigenvalue weighted by molar-refractivity contribution is 7.99. The fourth-order valence-corrected chi connectivity index (χ4v) is 2.94. The Morgan fingerprint density at radius 1 is 1.11 bits per heavy atom. The first-order valence-corrected chi connectivity index (χ1v) is 8.88. The molecule has 0 aliphatic carbocycles. The van der Waals surface area contributed by atoms with Crippen LogP contribution in [0.25, 0.3) is 11.5 Å². The number of nitrogens with one attached hydrogen (secondary N) is 1. The number of rotatable bonds is 5. The maximum Gasteiger partial charge on any atom is 0.418 e. The Hall–Kier alpha value is -2.52. The molecule has 0 aliphatic rings. The van der Waals surface area contributed by atoms with Crippen LogP contribution in [0.1, 0.15) is 5.56 Å². The lowest BCUT2D eigenvalue weighted by Gasteiger charge is -2.13. The smallest absolute Gasteiger partial charge is 0.411 e. The number of hydrogen-bond donors (Lipinski definition) is 1. The third-order valence-electron chi connectivity index (χ3n) is 3.34. The van der Waals surface area contributed by atoms with Crippen molar-refractivity contribution in [3.8, 4) is 11.5 Å².